The van der Waals surface area contributed by atoms with Crippen LogP contribution in [0.25, 0.3) is 0 Å². The molecule has 1 aliphatic rings. The van der Waals surface area contributed by atoms with E-state index >= 15 is 0 Å². The normalized spacial score (nSPS) is 15.0. The Balaban J connectivity index is 0.000000461. The summed E-state index contributed by atoms with van der Waals surface area (Å²) in [5, 5.41) is 11.0. The number of nitrogens with two attached hydrogens (primary N) is 1. The first-order valence-electron chi connectivity index (χ1n) is 9.72. The predicted octanol–water partition coefficient (Wildman–Crippen LogP) is 4.23. The number of benzene rings is 2. The lowest BCUT2D eigenvalue weighted by atomic mass is 10.0. The Morgan fingerprint density at radius 2 is 1.77 bits per heavy atom. The molecule has 0 radical (unpaired) electrons. The largest absolute Gasteiger partial charge is 0.340 e. The average molecular weight is 426 g/mol. The number of para-hydroxylation sites is 1. The van der Waals surface area contributed by atoms with E-state index in [1.165, 1.54) is 24.0 Å². The molecule has 1 aliphatic carbocycles. The number of hydrogen-bond acceptors (Lipinski definition) is 6. The minimum Gasteiger partial charge on any atom is -0.340 e. The van der Waals surface area contributed by atoms with Crippen molar-refractivity contribution in [1.82, 2.24) is 9.97 Å². The fourth-order valence-corrected chi connectivity index (χ4v) is 3.30. The summed E-state index contributed by atoms with van der Waals surface area (Å²) in [5.41, 5.74) is 6.01. The van der Waals surface area contributed by atoms with Gasteiger partial charge in [0.1, 0.15) is 5.82 Å². The molecule has 4 rings (SSSR count). The Kier molecular flexibility index (Phi) is 6.69. The van der Waals surface area contributed by atoms with E-state index in [0.717, 1.165) is 29.0 Å². The highest BCUT2D eigenvalue weighted by atomic mass is 32.2. The lowest BCUT2D eigenvalue weighted by molar-refractivity contribution is 0.603. The quantitative estimate of drug-likeness (QED) is 0.577. The zero-order chi connectivity index (χ0) is 21.7. The van der Waals surface area contributed by atoms with Crippen molar-refractivity contribution in [1.29, 1.82) is 0 Å². The van der Waals surface area contributed by atoms with Crippen molar-refractivity contribution in [3.63, 3.8) is 0 Å². The molecule has 158 valence electrons. The van der Waals surface area contributed by atoms with E-state index in [4.69, 9.17) is 0 Å². The van der Waals surface area contributed by atoms with Gasteiger partial charge in [0.25, 0.3) is 0 Å². The van der Waals surface area contributed by atoms with Gasteiger partial charge in [-0.1, -0.05) is 31.2 Å². The van der Waals surface area contributed by atoms with Gasteiger partial charge in [-0.05, 0) is 61.1 Å². The third-order valence-electron chi connectivity index (χ3n) is 4.79. The van der Waals surface area contributed by atoms with Crippen LogP contribution in [0.1, 0.15) is 36.0 Å². The molecule has 30 heavy (non-hydrogen) atoms. The van der Waals surface area contributed by atoms with Crippen molar-refractivity contribution in [2.45, 2.75) is 32.6 Å². The molecule has 1 aromatic heterocycles. The highest BCUT2D eigenvalue weighted by molar-refractivity contribution is 7.88. The Labute approximate surface area is 177 Å². The van der Waals surface area contributed by atoms with Crippen molar-refractivity contribution in [2.24, 2.45) is 5.14 Å². The van der Waals surface area contributed by atoms with Crippen molar-refractivity contribution in [3.05, 3.63) is 71.4 Å². The van der Waals surface area contributed by atoms with Gasteiger partial charge < -0.3 is 10.6 Å². The molecule has 0 spiro atoms. The molecule has 7 nitrogen and oxygen atoms in total. The van der Waals surface area contributed by atoms with Gasteiger partial charge in [0.2, 0.25) is 16.0 Å². The number of nitrogens with one attached hydrogen (secondary N) is 2. The SMILES string of the molecule is CS(N)(=O)=O.Cc1cnc(Nc2ccccc2)nc1Nc1ccc2c(c1)C(C)CC2. The molecule has 1 atom stereocenters. The monoisotopic (exact) mass is 425 g/mol. The highest BCUT2D eigenvalue weighted by Crippen LogP contribution is 2.35. The van der Waals surface area contributed by atoms with Crippen LogP contribution in [-0.2, 0) is 16.4 Å². The Hall–Kier alpha value is -2.97. The van der Waals surface area contributed by atoms with Crippen LogP contribution in [-0.4, -0.2) is 24.6 Å². The molecular formula is C22H27N5O2S. The van der Waals surface area contributed by atoms with Crippen LogP contribution in [0.5, 0.6) is 0 Å². The number of fused-ring (bicyclic) bond motifs is 1. The molecule has 0 saturated carbocycles. The summed E-state index contributed by atoms with van der Waals surface area (Å²) in [7, 11) is -3.17. The van der Waals surface area contributed by atoms with E-state index in [0.29, 0.717) is 11.9 Å². The maximum absolute atomic E-state index is 9.41. The molecular weight excluding hydrogens is 398 g/mol. The molecule has 1 heterocycles. The van der Waals surface area contributed by atoms with E-state index in [1.807, 2.05) is 43.5 Å². The lowest BCUT2D eigenvalue weighted by Crippen LogP contribution is -2.07. The van der Waals surface area contributed by atoms with Crippen molar-refractivity contribution in [2.75, 3.05) is 16.9 Å². The van der Waals surface area contributed by atoms with E-state index in [2.05, 4.69) is 50.9 Å². The summed E-state index contributed by atoms with van der Waals surface area (Å²) in [6, 6.07) is 16.6. The molecule has 0 fully saturated rings. The molecule has 2 aromatic carbocycles. The number of aromatic nitrogens is 2. The van der Waals surface area contributed by atoms with Crippen LogP contribution >= 0.6 is 0 Å². The first kappa shape index (κ1) is 21.7. The molecule has 1 unspecified atom stereocenters. The lowest BCUT2D eigenvalue weighted by Gasteiger charge is -2.13. The first-order valence-corrected chi connectivity index (χ1v) is 11.7. The minimum atomic E-state index is -3.17. The minimum absolute atomic E-state index is 0.592. The zero-order valence-corrected chi connectivity index (χ0v) is 18.2. The molecule has 0 amide bonds. The first-order chi connectivity index (χ1) is 14.2. The van der Waals surface area contributed by atoms with Gasteiger partial charge in [-0.2, -0.15) is 4.98 Å². The number of primary sulfonamides is 1. The number of sulfonamides is 1. The van der Waals surface area contributed by atoms with E-state index in [1.54, 1.807) is 0 Å². The van der Waals surface area contributed by atoms with Crippen molar-refractivity contribution in [3.8, 4) is 0 Å². The molecule has 0 bridgehead atoms. The van der Waals surface area contributed by atoms with Crippen LogP contribution < -0.4 is 15.8 Å². The second-order valence-electron chi connectivity index (χ2n) is 7.52. The predicted molar refractivity (Wildman–Crippen MR) is 122 cm³/mol. The van der Waals surface area contributed by atoms with Gasteiger partial charge in [0, 0.05) is 23.1 Å². The second kappa shape index (κ2) is 9.23. The third-order valence-corrected chi connectivity index (χ3v) is 4.79. The molecule has 3 aromatic rings. The number of hydrogen-bond donors (Lipinski definition) is 3. The van der Waals surface area contributed by atoms with Gasteiger partial charge >= 0.3 is 0 Å². The summed E-state index contributed by atoms with van der Waals surface area (Å²) >= 11 is 0. The summed E-state index contributed by atoms with van der Waals surface area (Å²) in [6.45, 7) is 4.32. The third kappa shape index (κ3) is 6.27. The van der Waals surface area contributed by atoms with Gasteiger partial charge in [0.05, 0.1) is 6.26 Å². The average Bonchev–Trinajstić information content (AvgIpc) is 3.05. The topological polar surface area (TPSA) is 110 Å². The smallest absolute Gasteiger partial charge is 0.229 e. The molecule has 0 saturated heterocycles. The van der Waals surface area contributed by atoms with E-state index in [9.17, 15) is 8.42 Å². The summed E-state index contributed by atoms with van der Waals surface area (Å²) in [5.74, 6) is 2.06. The van der Waals surface area contributed by atoms with Crippen LogP contribution in [0, 0.1) is 6.92 Å². The Bertz CT molecular complexity index is 1110. The van der Waals surface area contributed by atoms with Gasteiger partial charge in [0.15, 0.2) is 0 Å². The number of rotatable bonds is 4. The fourth-order valence-electron chi connectivity index (χ4n) is 3.30. The van der Waals surface area contributed by atoms with Gasteiger partial charge in [-0.3, -0.25) is 0 Å². The Morgan fingerprint density at radius 1 is 1.07 bits per heavy atom. The van der Waals surface area contributed by atoms with E-state index in [-0.39, 0.29) is 0 Å². The van der Waals surface area contributed by atoms with Crippen LogP contribution in [0.4, 0.5) is 23.1 Å². The summed E-state index contributed by atoms with van der Waals surface area (Å²) < 4.78 is 18.8. The second-order valence-corrected chi connectivity index (χ2v) is 9.18. The highest BCUT2D eigenvalue weighted by Gasteiger charge is 2.18. The van der Waals surface area contributed by atoms with Crippen LogP contribution in [0.2, 0.25) is 0 Å². The molecule has 0 aliphatic heterocycles. The maximum atomic E-state index is 9.41. The molecule has 8 heteroatoms. The van der Waals surface area contributed by atoms with Crippen molar-refractivity contribution < 1.29 is 8.42 Å². The van der Waals surface area contributed by atoms with Crippen molar-refractivity contribution >= 4 is 33.2 Å². The fraction of sp³-hybridized carbons (Fsp3) is 0.273. The summed E-state index contributed by atoms with van der Waals surface area (Å²) in [4.78, 5) is 9.03. The molecule has 4 N–H and O–H groups in total. The van der Waals surface area contributed by atoms with Gasteiger partial charge in [-0.25, -0.2) is 18.5 Å². The standard InChI is InChI=1S/C21H22N4.CH5NO2S/c1-14-8-9-16-10-11-18(12-19(14)16)23-20-15(2)13-22-21(25-20)24-17-6-4-3-5-7-17;1-5(2,3)4/h3-7,10-14H,8-9H2,1-2H3,(H2,22,23,24,25);1H3,(H2,2,3,4). The van der Waals surface area contributed by atoms with Crippen LogP contribution in [0.3, 0.4) is 0 Å². The maximum Gasteiger partial charge on any atom is 0.229 e. The number of anilines is 4. The number of nitrogens with zero attached hydrogens (tertiary/aromatic N) is 2. The summed E-state index contributed by atoms with van der Waals surface area (Å²) in [6.07, 6.45) is 5.22. The van der Waals surface area contributed by atoms with Gasteiger partial charge in [-0.15, -0.1) is 0 Å². The van der Waals surface area contributed by atoms with E-state index < -0.39 is 10.0 Å². The zero-order valence-electron chi connectivity index (χ0n) is 17.4. The number of aryl methyl sites for hydroxylation is 2. The Morgan fingerprint density at radius 3 is 2.47 bits per heavy atom. The van der Waals surface area contributed by atoms with Crippen LogP contribution in [0.15, 0.2) is 54.7 Å².